The average Bonchev–Trinajstić information content (AvgIpc) is 2.14. The first-order valence-corrected chi connectivity index (χ1v) is 6.26. The molecule has 1 rings (SSSR count). The van der Waals surface area contributed by atoms with Gasteiger partial charge in [0.1, 0.15) is 17.3 Å². The third-order valence-electron chi connectivity index (χ3n) is 1.52. The van der Waals surface area contributed by atoms with Gasteiger partial charge in [-0.1, -0.05) is 11.6 Å². The molecular weight excluding hydrogens is 302 g/mol. The van der Waals surface area contributed by atoms with E-state index in [9.17, 15) is 8.42 Å². The van der Waals surface area contributed by atoms with Gasteiger partial charge in [0.15, 0.2) is 0 Å². The quantitative estimate of drug-likeness (QED) is 0.521. The van der Waals surface area contributed by atoms with Crippen LogP contribution < -0.4 is 4.74 Å². The summed E-state index contributed by atoms with van der Waals surface area (Å²) in [6.45, 7) is 0.145. The first-order chi connectivity index (χ1) is 6.95. The zero-order valence-electron chi connectivity index (χ0n) is 7.48. The van der Waals surface area contributed by atoms with Gasteiger partial charge in [0.25, 0.3) is 10.1 Å². The van der Waals surface area contributed by atoms with Crippen molar-refractivity contribution < 1.29 is 17.7 Å². The van der Waals surface area contributed by atoms with Crippen LogP contribution in [-0.4, -0.2) is 76.8 Å². The van der Waals surface area contributed by atoms with Crippen molar-refractivity contribution >= 4 is 84.7 Å². The second kappa shape index (κ2) is 7.55. The van der Waals surface area contributed by atoms with Crippen molar-refractivity contribution in [2.24, 2.45) is 0 Å². The van der Waals surface area contributed by atoms with E-state index in [0.717, 1.165) is 6.07 Å². The Morgan fingerprint density at radius 1 is 1.38 bits per heavy atom. The summed E-state index contributed by atoms with van der Waals surface area (Å²) < 4.78 is 35.8. The Labute approximate surface area is 146 Å². The van der Waals surface area contributed by atoms with Crippen LogP contribution in [-0.2, 0) is 10.1 Å². The molecule has 0 aliphatic rings. The van der Waals surface area contributed by atoms with E-state index in [-0.39, 0.29) is 79.5 Å². The van der Waals surface area contributed by atoms with Crippen LogP contribution in [0.5, 0.6) is 5.75 Å². The zero-order chi connectivity index (χ0) is 11.5. The van der Waals surface area contributed by atoms with Crippen molar-refractivity contribution in [3.05, 3.63) is 23.2 Å². The maximum absolute atomic E-state index is 11.0. The number of alkyl halides is 1. The van der Waals surface area contributed by atoms with Crippen LogP contribution in [0, 0.1) is 0 Å². The molecule has 0 fully saturated rings. The minimum atomic E-state index is -4.34. The summed E-state index contributed by atoms with van der Waals surface area (Å²) in [6, 6.07) is 3.93. The summed E-state index contributed by atoms with van der Waals surface area (Å²) in [5, 5.41) is 0.195. The molecule has 16 heavy (non-hydrogen) atoms. The second-order valence-electron chi connectivity index (χ2n) is 2.60. The summed E-state index contributed by atoms with van der Waals surface area (Å²) in [6.07, 6.45) is 0. The molecule has 0 atom stereocenters. The van der Waals surface area contributed by atoms with E-state index in [2.05, 4.69) is 0 Å². The maximum atomic E-state index is 11.0. The molecule has 0 bridgehead atoms. The van der Waals surface area contributed by atoms with Crippen molar-refractivity contribution in [3.63, 3.8) is 0 Å². The van der Waals surface area contributed by atoms with Gasteiger partial charge in [-0.2, -0.15) is 8.42 Å². The fourth-order valence-electron chi connectivity index (χ4n) is 0.951. The summed E-state index contributed by atoms with van der Waals surface area (Å²) in [5.74, 6) is 0.246. The predicted molar refractivity (Wildman–Crippen MR) is 64.6 cm³/mol. The van der Waals surface area contributed by atoms with Crippen molar-refractivity contribution in [1.29, 1.82) is 0 Å². The minimum absolute atomic E-state index is 0. The Kier molecular flexibility index (Phi) is 8.09. The molecule has 0 unspecified atom stereocenters. The van der Waals surface area contributed by atoms with Gasteiger partial charge in [0.2, 0.25) is 0 Å². The number of benzene rings is 1. The molecule has 0 spiro atoms. The van der Waals surface area contributed by atoms with Gasteiger partial charge in [-0.05, 0) is 18.2 Å². The summed E-state index contributed by atoms with van der Waals surface area (Å²) in [4.78, 5) is -0.361. The van der Waals surface area contributed by atoms with Gasteiger partial charge in [0.05, 0.1) is 5.88 Å². The first-order valence-electron chi connectivity index (χ1n) is 3.91. The van der Waals surface area contributed by atoms with Gasteiger partial charge >= 0.3 is 51.4 Å². The van der Waals surface area contributed by atoms with Crippen molar-refractivity contribution in [2.45, 2.75) is 4.90 Å². The normalized spacial score (nSPS) is 10.7. The van der Waals surface area contributed by atoms with E-state index in [1.807, 2.05) is 0 Å². The Morgan fingerprint density at radius 3 is 2.50 bits per heavy atom. The molecule has 0 aliphatic carbocycles. The third-order valence-corrected chi connectivity index (χ3v) is 2.78. The predicted octanol–water partition coefficient (Wildman–Crippen LogP) is 1.56. The standard InChI is InChI=1S/C8H8Cl2O4S.K.H/c9-3-4-14-7-2-1-6(10)5-8(7)15(11,12)13;;/h1-2,5H,3-4H2,(H,11,12,13);;. The number of hydrogen-bond acceptors (Lipinski definition) is 3. The third kappa shape index (κ3) is 5.20. The van der Waals surface area contributed by atoms with Crippen LogP contribution in [0.3, 0.4) is 0 Å². The van der Waals surface area contributed by atoms with Crippen LogP contribution in [0.1, 0.15) is 0 Å². The van der Waals surface area contributed by atoms with Crippen LogP contribution in [0.25, 0.3) is 0 Å². The fourth-order valence-corrected chi connectivity index (χ4v) is 1.92. The van der Waals surface area contributed by atoms with Gasteiger partial charge < -0.3 is 4.74 Å². The molecule has 0 amide bonds. The zero-order valence-corrected chi connectivity index (χ0v) is 9.81. The van der Waals surface area contributed by atoms with E-state index in [4.69, 9.17) is 32.5 Å². The van der Waals surface area contributed by atoms with E-state index in [0.29, 0.717) is 0 Å². The molecule has 8 heteroatoms. The molecule has 4 nitrogen and oxygen atoms in total. The Morgan fingerprint density at radius 2 is 2.00 bits per heavy atom. The number of hydrogen-bond donors (Lipinski definition) is 1. The molecule has 1 N–H and O–H groups in total. The molecule has 0 saturated heterocycles. The van der Waals surface area contributed by atoms with Gasteiger partial charge in [-0.3, -0.25) is 4.55 Å². The Hall–Kier alpha value is 1.15. The second-order valence-corrected chi connectivity index (χ2v) is 4.81. The molecular formula is C8H9Cl2KO4S. The average molecular weight is 311 g/mol. The fraction of sp³-hybridized carbons (Fsp3) is 0.250. The SMILES string of the molecule is O=S(=O)(O)c1cc(Cl)ccc1OCCCl.[KH]. The number of halogens is 2. The molecule has 0 heterocycles. The van der Waals surface area contributed by atoms with Crippen LogP contribution in [0.15, 0.2) is 23.1 Å². The summed E-state index contributed by atoms with van der Waals surface area (Å²) in [5.41, 5.74) is 0. The number of rotatable bonds is 4. The van der Waals surface area contributed by atoms with E-state index < -0.39 is 10.1 Å². The van der Waals surface area contributed by atoms with Crippen LogP contribution in [0.2, 0.25) is 5.02 Å². The molecule has 0 aromatic heterocycles. The monoisotopic (exact) mass is 310 g/mol. The Balaban J connectivity index is 0.00000225. The van der Waals surface area contributed by atoms with E-state index in [1.54, 1.807) is 0 Å². The van der Waals surface area contributed by atoms with E-state index >= 15 is 0 Å². The van der Waals surface area contributed by atoms with Gasteiger partial charge in [-0.25, -0.2) is 0 Å². The first kappa shape index (κ1) is 17.1. The van der Waals surface area contributed by atoms with Crippen LogP contribution in [0.4, 0.5) is 0 Å². The molecule has 0 aliphatic heterocycles. The van der Waals surface area contributed by atoms with E-state index in [1.165, 1.54) is 12.1 Å². The molecule has 0 saturated carbocycles. The van der Waals surface area contributed by atoms with Crippen molar-refractivity contribution in [3.8, 4) is 5.75 Å². The van der Waals surface area contributed by atoms with Gasteiger partial charge in [-0.15, -0.1) is 11.6 Å². The van der Waals surface area contributed by atoms with Crippen molar-refractivity contribution in [2.75, 3.05) is 12.5 Å². The molecule has 1 aromatic carbocycles. The molecule has 1 aromatic rings. The van der Waals surface area contributed by atoms with Crippen molar-refractivity contribution in [1.82, 2.24) is 0 Å². The number of ether oxygens (including phenoxy) is 1. The summed E-state index contributed by atoms with van der Waals surface area (Å²) in [7, 11) is -4.34. The Bertz CT molecular complexity index is 449. The van der Waals surface area contributed by atoms with Crippen LogP contribution >= 0.6 is 23.2 Å². The summed E-state index contributed by atoms with van der Waals surface area (Å²) >= 11 is 11.0. The molecule has 86 valence electrons. The molecule has 0 radical (unpaired) electrons. The van der Waals surface area contributed by atoms with Gasteiger partial charge in [0, 0.05) is 5.02 Å². The topological polar surface area (TPSA) is 63.6 Å².